The van der Waals surface area contributed by atoms with E-state index in [1.807, 2.05) is 42.5 Å². The van der Waals surface area contributed by atoms with Crippen molar-refractivity contribution in [1.29, 1.82) is 0 Å². The first-order chi connectivity index (χ1) is 12.7. The van der Waals surface area contributed by atoms with Gasteiger partial charge in [0.05, 0.1) is 0 Å². The van der Waals surface area contributed by atoms with Crippen LogP contribution in [0.25, 0.3) is 0 Å². The number of anilines is 1. The number of thiazole rings is 1. The number of para-hydroxylation sites is 2. The number of hydrogen-bond donors (Lipinski definition) is 1. The van der Waals surface area contributed by atoms with Gasteiger partial charge in [0.2, 0.25) is 6.10 Å². The highest BCUT2D eigenvalue weighted by molar-refractivity contribution is 7.15. The molecule has 0 fully saturated rings. The van der Waals surface area contributed by atoms with Crippen LogP contribution >= 0.6 is 22.9 Å². The summed E-state index contributed by atoms with van der Waals surface area (Å²) < 4.78 is 11.3. The summed E-state index contributed by atoms with van der Waals surface area (Å²) in [5.74, 6) is 0.942. The van der Waals surface area contributed by atoms with Crippen molar-refractivity contribution < 1.29 is 14.3 Å². The fourth-order valence-electron chi connectivity index (χ4n) is 2.63. The number of carbonyl (C=O) groups is 1. The number of amides is 1. The van der Waals surface area contributed by atoms with Crippen LogP contribution in [0, 0.1) is 0 Å². The fourth-order valence-corrected chi connectivity index (χ4v) is 3.69. The molecule has 1 N–H and O–H groups in total. The summed E-state index contributed by atoms with van der Waals surface area (Å²) in [6, 6.07) is 15.0. The normalized spacial score (nSPS) is 15.5. The highest BCUT2D eigenvalue weighted by atomic mass is 35.5. The molecule has 0 radical (unpaired) electrons. The Morgan fingerprint density at radius 3 is 2.92 bits per heavy atom. The van der Waals surface area contributed by atoms with Crippen molar-refractivity contribution in [3.8, 4) is 11.5 Å². The second kappa shape index (κ2) is 7.35. The van der Waals surface area contributed by atoms with Crippen molar-refractivity contribution in [2.24, 2.45) is 0 Å². The second-order valence-corrected chi connectivity index (χ2v) is 7.34. The molecule has 3 aromatic rings. The molecule has 1 aromatic heterocycles. The van der Waals surface area contributed by atoms with Gasteiger partial charge in [0.1, 0.15) is 6.61 Å². The number of ether oxygens (including phenoxy) is 2. The number of carbonyl (C=O) groups excluding carboxylic acids is 1. The average molecular weight is 387 g/mol. The van der Waals surface area contributed by atoms with Crippen LogP contribution in [0.3, 0.4) is 0 Å². The summed E-state index contributed by atoms with van der Waals surface area (Å²) in [6.45, 7) is 0.170. The molecule has 0 bridgehead atoms. The van der Waals surface area contributed by atoms with Gasteiger partial charge in [-0.15, -0.1) is 11.3 Å². The van der Waals surface area contributed by atoms with Gasteiger partial charge < -0.3 is 9.47 Å². The zero-order valence-electron chi connectivity index (χ0n) is 13.6. The topological polar surface area (TPSA) is 60.5 Å². The molecule has 1 atom stereocenters. The molecule has 4 rings (SSSR count). The lowest BCUT2D eigenvalue weighted by Crippen LogP contribution is -2.40. The van der Waals surface area contributed by atoms with Gasteiger partial charge in [0, 0.05) is 22.5 Å². The predicted molar refractivity (Wildman–Crippen MR) is 101 cm³/mol. The van der Waals surface area contributed by atoms with E-state index in [4.69, 9.17) is 21.1 Å². The molecule has 2 heterocycles. The molecule has 0 aliphatic carbocycles. The smallest absolute Gasteiger partial charge is 0.270 e. The zero-order valence-corrected chi connectivity index (χ0v) is 15.2. The number of hydrogen-bond acceptors (Lipinski definition) is 5. The van der Waals surface area contributed by atoms with Gasteiger partial charge in [0.25, 0.3) is 5.91 Å². The van der Waals surface area contributed by atoms with Crippen molar-refractivity contribution >= 4 is 34.0 Å². The fraction of sp³-hybridized carbons (Fsp3) is 0.158. The number of nitrogens with zero attached hydrogens (tertiary/aromatic N) is 1. The molecule has 0 saturated carbocycles. The van der Waals surface area contributed by atoms with Gasteiger partial charge in [-0.1, -0.05) is 35.9 Å². The molecule has 132 valence electrons. The number of aromatic nitrogens is 1. The van der Waals surface area contributed by atoms with Gasteiger partial charge >= 0.3 is 0 Å². The Hall–Kier alpha value is -2.57. The Labute approximate surface area is 159 Å². The minimum atomic E-state index is -0.704. The van der Waals surface area contributed by atoms with E-state index >= 15 is 0 Å². The van der Waals surface area contributed by atoms with Crippen LogP contribution in [-0.4, -0.2) is 23.6 Å². The summed E-state index contributed by atoms with van der Waals surface area (Å²) in [7, 11) is 0. The maximum atomic E-state index is 12.4. The summed E-state index contributed by atoms with van der Waals surface area (Å²) in [5.41, 5.74) is 1.10. The third kappa shape index (κ3) is 3.81. The minimum absolute atomic E-state index is 0.170. The first kappa shape index (κ1) is 16.9. The maximum absolute atomic E-state index is 12.4. The van der Waals surface area contributed by atoms with Crippen LogP contribution in [0.15, 0.2) is 54.7 Å². The third-order valence-corrected chi connectivity index (χ3v) is 5.00. The zero-order chi connectivity index (χ0) is 17.9. The molecule has 26 heavy (non-hydrogen) atoms. The Kier molecular flexibility index (Phi) is 4.77. The van der Waals surface area contributed by atoms with Crippen LogP contribution in [-0.2, 0) is 11.2 Å². The Morgan fingerprint density at radius 1 is 1.23 bits per heavy atom. The van der Waals surface area contributed by atoms with Gasteiger partial charge in [-0.05, 0) is 29.8 Å². The van der Waals surface area contributed by atoms with E-state index in [-0.39, 0.29) is 12.5 Å². The number of halogens is 1. The number of benzene rings is 2. The van der Waals surface area contributed by atoms with E-state index in [1.54, 1.807) is 12.3 Å². The monoisotopic (exact) mass is 386 g/mol. The standard InChI is InChI=1S/C19H15ClN2O3S/c20-13-5-3-4-12(8-13)9-14-10-21-19(26-14)22-18(23)17-11-24-15-6-1-2-7-16(15)25-17/h1-8,10,17H,9,11H2,(H,21,22,23)/t17-/m0/s1. The van der Waals surface area contributed by atoms with E-state index < -0.39 is 6.10 Å². The molecule has 1 aliphatic rings. The van der Waals surface area contributed by atoms with E-state index in [0.29, 0.717) is 28.1 Å². The number of nitrogens with one attached hydrogen (secondary N) is 1. The molecule has 1 aliphatic heterocycles. The van der Waals surface area contributed by atoms with Crippen LogP contribution < -0.4 is 14.8 Å². The quantitative estimate of drug-likeness (QED) is 0.731. The molecule has 0 unspecified atom stereocenters. The summed E-state index contributed by atoms with van der Waals surface area (Å²) in [5, 5.41) is 4.04. The Morgan fingerprint density at radius 2 is 2.08 bits per heavy atom. The van der Waals surface area contributed by atoms with Gasteiger partial charge in [-0.25, -0.2) is 4.98 Å². The first-order valence-corrected chi connectivity index (χ1v) is 9.25. The van der Waals surface area contributed by atoms with E-state index in [0.717, 1.165) is 10.4 Å². The molecule has 2 aromatic carbocycles. The first-order valence-electron chi connectivity index (χ1n) is 8.06. The van der Waals surface area contributed by atoms with Crippen LogP contribution in [0.4, 0.5) is 5.13 Å². The summed E-state index contributed by atoms with van der Waals surface area (Å²) in [4.78, 5) is 17.7. The molecular weight excluding hydrogens is 372 g/mol. The Balaban J connectivity index is 1.39. The van der Waals surface area contributed by atoms with Crippen molar-refractivity contribution in [3.05, 3.63) is 70.2 Å². The van der Waals surface area contributed by atoms with Crippen molar-refractivity contribution in [2.75, 3.05) is 11.9 Å². The molecule has 1 amide bonds. The van der Waals surface area contributed by atoms with Crippen molar-refractivity contribution in [3.63, 3.8) is 0 Å². The summed E-state index contributed by atoms with van der Waals surface area (Å²) in [6.07, 6.45) is 1.77. The van der Waals surface area contributed by atoms with Crippen LogP contribution in [0.2, 0.25) is 5.02 Å². The molecule has 0 saturated heterocycles. The lowest BCUT2D eigenvalue weighted by Gasteiger charge is -2.25. The van der Waals surface area contributed by atoms with Gasteiger partial charge in [0.15, 0.2) is 16.6 Å². The highest BCUT2D eigenvalue weighted by Crippen LogP contribution is 2.31. The van der Waals surface area contributed by atoms with Crippen LogP contribution in [0.1, 0.15) is 10.4 Å². The lowest BCUT2D eigenvalue weighted by molar-refractivity contribution is -0.125. The van der Waals surface area contributed by atoms with Crippen LogP contribution in [0.5, 0.6) is 11.5 Å². The average Bonchev–Trinajstić information content (AvgIpc) is 3.08. The molecule has 5 nitrogen and oxygen atoms in total. The van der Waals surface area contributed by atoms with Gasteiger partial charge in [-0.3, -0.25) is 10.1 Å². The number of rotatable bonds is 4. The largest absolute Gasteiger partial charge is 0.485 e. The van der Waals surface area contributed by atoms with E-state index in [9.17, 15) is 4.79 Å². The Bertz CT molecular complexity index is 944. The highest BCUT2D eigenvalue weighted by Gasteiger charge is 2.27. The number of fused-ring (bicyclic) bond motifs is 1. The second-order valence-electron chi connectivity index (χ2n) is 5.79. The van der Waals surface area contributed by atoms with Crippen molar-refractivity contribution in [2.45, 2.75) is 12.5 Å². The predicted octanol–water partition coefficient (Wildman–Crippen LogP) is 4.17. The molecular formula is C19H15ClN2O3S. The van der Waals surface area contributed by atoms with E-state index in [2.05, 4.69) is 10.3 Å². The third-order valence-electron chi connectivity index (χ3n) is 3.85. The molecule has 7 heteroatoms. The lowest BCUT2D eigenvalue weighted by atomic mass is 10.1. The minimum Gasteiger partial charge on any atom is -0.485 e. The SMILES string of the molecule is O=C(Nc1ncc(Cc2cccc(Cl)c2)s1)[C@@H]1COc2ccccc2O1. The van der Waals surface area contributed by atoms with E-state index in [1.165, 1.54) is 11.3 Å². The van der Waals surface area contributed by atoms with Gasteiger partial charge in [-0.2, -0.15) is 0 Å². The summed E-state index contributed by atoms with van der Waals surface area (Å²) >= 11 is 7.44. The molecule has 0 spiro atoms. The maximum Gasteiger partial charge on any atom is 0.270 e. The van der Waals surface area contributed by atoms with Crippen molar-refractivity contribution in [1.82, 2.24) is 4.98 Å².